The third-order valence-corrected chi connectivity index (χ3v) is 5.04. The molecule has 0 unspecified atom stereocenters. The molecule has 0 spiro atoms. The van der Waals surface area contributed by atoms with Crippen LogP contribution in [-0.4, -0.2) is 42.5 Å². The minimum atomic E-state index is -0.649. The highest BCUT2D eigenvalue weighted by atomic mass is 32.1. The molecule has 1 heterocycles. The summed E-state index contributed by atoms with van der Waals surface area (Å²) in [4.78, 5) is 15.4. The highest BCUT2D eigenvalue weighted by molar-refractivity contribution is 7.80. The van der Waals surface area contributed by atoms with Gasteiger partial charge in [0.1, 0.15) is 0 Å². The van der Waals surface area contributed by atoms with Crippen molar-refractivity contribution < 1.29 is 4.79 Å². The van der Waals surface area contributed by atoms with Crippen LogP contribution >= 0.6 is 12.2 Å². The lowest BCUT2D eigenvalue weighted by Crippen LogP contribution is -2.50. The smallest absolute Gasteiger partial charge is 0.233 e. The largest absolute Gasteiger partial charge is 0.392 e. The van der Waals surface area contributed by atoms with Gasteiger partial charge in [-0.05, 0) is 51.7 Å². The maximum Gasteiger partial charge on any atom is 0.233 e. The Balaban J connectivity index is 2.61. The second-order valence-electron chi connectivity index (χ2n) is 6.40. The Kier molecular flexibility index (Phi) is 7.60. The zero-order chi connectivity index (χ0) is 15.9. The lowest BCUT2D eigenvalue weighted by molar-refractivity contribution is -0.128. The van der Waals surface area contributed by atoms with E-state index in [1.54, 1.807) is 0 Å². The van der Waals surface area contributed by atoms with Crippen LogP contribution in [0.15, 0.2) is 0 Å². The quantitative estimate of drug-likeness (QED) is 0.675. The number of thiocarbonyl (C=S) groups is 1. The number of hydrogen-bond donors (Lipinski definition) is 2. The van der Waals surface area contributed by atoms with Crippen molar-refractivity contribution in [2.75, 3.05) is 26.7 Å². The molecule has 1 fully saturated rings. The van der Waals surface area contributed by atoms with Crippen LogP contribution in [0.5, 0.6) is 0 Å². The molecule has 1 aliphatic heterocycles. The molecule has 5 heteroatoms. The Hall–Kier alpha value is -0.680. The normalized spacial score (nSPS) is 17.7. The average molecular weight is 314 g/mol. The van der Waals surface area contributed by atoms with E-state index < -0.39 is 5.41 Å². The lowest BCUT2D eigenvalue weighted by atomic mass is 9.78. The van der Waals surface area contributed by atoms with Crippen LogP contribution in [0, 0.1) is 11.3 Å². The zero-order valence-electron chi connectivity index (χ0n) is 13.8. The summed E-state index contributed by atoms with van der Waals surface area (Å²) in [5, 5.41) is 3.13. The van der Waals surface area contributed by atoms with Gasteiger partial charge in [0.05, 0.1) is 10.4 Å². The second-order valence-corrected chi connectivity index (χ2v) is 6.84. The molecular weight excluding hydrogens is 282 g/mol. The summed E-state index contributed by atoms with van der Waals surface area (Å²) in [6.45, 7) is 7.14. The van der Waals surface area contributed by atoms with E-state index in [0.717, 1.165) is 58.2 Å². The average Bonchev–Trinajstić information content (AvgIpc) is 2.45. The molecule has 0 saturated carbocycles. The van der Waals surface area contributed by atoms with E-state index in [0.29, 0.717) is 10.9 Å². The van der Waals surface area contributed by atoms with Gasteiger partial charge in [0.25, 0.3) is 0 Å². The van der Waals surface area contributed by atoms with Gasteiger partial charge in [-0.2, -0.15) is 0 Å². The predicted molar refractivity (Wildman–Crippen MR) is 92.3 cm³/mol. The number of rotatable bonds is 8. The van der Waals surface area contributed by atoms with Crippen molar-refractivity contribution in [3.05, 3.63) is 0 Å². The van der Waals surface area contributed by atoms with Crippen LogP contribution in [0.4, 0.5) is 0 Å². The number of carbonyl (C=O) groups excluding carboxylic acids is 1. The fourth-order valence-electron chi connectivity index (χ4n) is 3.24. The second kappa shape index (κ2) is 8.69. The first kappa shape index (κ1) is 18.4. The summed E-state index contributed by atoms with van der Waals surface area (Å²) in [7, 11) is 2.15. The fraction of sp³-hybridized carbons (Fsp3) is 0.875. The summed E-state index contributed by atoms with van der Waals surface area (Å²) in [6.07, 6.45) is 5.62. The summed E-state index contributed by atoms with van der Waals surface area (Å²) in [5.74, 6) is 0.620. The Morgan fingerprint density at radius 2 is 1.81 bits per heavy atom. The summed E-state index contributed by atoms with van der Waals surface area (Å²) < 4.78 is 0. The van der Waals surface area contributed by atoms with Gasteiger partial charge in [-0.3, -0.25) is 4.79 Å². The van der Waals surface area contributed by atoms with Gasteiger partial charge in [0.2, 0.25) is 5.91 Å². The van der Waals surface area contributed by atoms with Gasteiger partial charge < -0.3 is 16.0 Å². The molecule has 21 heavy (non-hydrogen) atoms. The molecule has 3 N–H and O–H groups in total. The maximum atomic E-state index is 12.7. The minimum Gasteiger partial charge on any atom is -0.392 e. The van der Waals surface area contributed by atoms with Gasteiger partial charge in [0.15, 0.2) is 0 Å². The Morgan fingerprint density at radius 1 is 1.29 bits per heavy atom. The maximum absolute atomic E-state index is 12.7. The van der Waals surface area contributed by atoms with E-state index in [2.05, 4.69) is 31.1 Å². The van der Waals surface area contributed by atoms with Gasteiger partial charge in [-0.1, -0.05) is 38.9 Å². The molecule has 4 nitrogen and oxygen atoms in total. The first-order chi connectivity index (χ1) is 9.96. The SMILES string of the molecule is CCCC(CCC)(C(=O)NCC1CCN(C)CC1)C(N)=S. The monoisotopic (exact) mass is 313 g/mol. The number of amides is 1. The highest BCUT2D eigenvalue weighted by Crippen LogP contribution is 2.31. The number of hydrogen-bond acceptors (Lipinski definition) is 3. The van der Waals surface area contributed by atoms with E-state index in [4.69, 9.17) is 18.0 Å². The molecule has 1 saturated heterocycles. The predicted octanol–water partition coefficient (Wildman–Crippen LogP) is 2.32. The first-order valence-electron chi connectivity index (χ1n) is 8.23. The van der Waals surface area contributed by atoms with Crippen molar-refractivity contribution in [3.63, 3.8) is 0 Å². The van der Waals surface area contributed by atoms with Crippen molar-refractivity contribution in [2.45, 2.75) is 52.4 Å². The first-order valence-corrected chi connectivity index (χ1v) is 8.63. The molecule has 0 aliphatic carbocycles. The van der Waals surface area contributed by atoms with E-state index in [-0.39, 0.29) is 5.91 Å². The van der Waals surface area contributed by atoms with E-state index >= 15 is 0 Å². The highest BCUT2D eigenvalue weighted by Gasteiger charge is 2.39. The topological polar surface area (TPSA) is 58.4 Å². The standard InChI is InChI=1S/C16H31N3OS/c1-4-8-16(9-5-2,14(17)21)15(20)18-12-13-6-10-19(3)11-7-13/h13H,4-12H2,1-3H3,(H2,17,21)(H,18,20). The van der Waals surface area contributed by atoms with Crippen molar-refractivity contribution in [1.82, 2.24) is 10.2 Å². The summed E-state index contributed by atoms with van der Waals surface area (Å²) in [6, 6.07) is 0. The number of piperidine rings is 1. The van der Waals surface area contributed by atoms with Crippen molar-refractivity contribution in [3.8, 4) is 0 Å². The Morgan fingerprint density at radius 3 is 2.24 bits per heavy atom. The van der Waals surface area contributed by atoms with Gasteiger partial charge in [-0.15, -0.1) is 0 Å². The summed E-state index contributed by atoms with van der Waals surface area (Å²) in [5.41, 5.74) is 5.29. The van der Waals surface area contributed by atoms with Crippen LogP contribution in [0.3, 0.4) is 0 Å². The van der Waals surface area contributed by atoms with Crippen molar-refractivity contribution in [2.24, 2.45) is 17.1 Å². The Labute approximate surface area is 134 Å². The number of nitrogens with zero attached hydrogens (tertiary/aromatic N) is 1. The molecule has 1 rings (SSSR count). The minimum absolute atomic E-state index is 0.0395. The van der Waals surface area contributed by atoms with Gasteiger partial charge in [0, 0.05) is 6.54 Å². The fourth-order valence-corrected chi connectivity index (χ4v) is 3.53. The molecule has 0 aromatic heterocycles. The van der Waals surface area contributed by atoms with Gasteiger partial charge in [-0.25, -0.2) is 0 Å². The molecule has 0 radical (unpaired) electrons. The lowest BCUT2D eigenvalue weighted by Gasteiger charge is -2.33. The molecule has 0 aromatic carbocycles. The molecule has 0 aromatic rings. The number of nitrogens with two attached hydrogens (primary N) is 1. The van der Waals surface area contributed by atoms with Crippen LogP contribution in [0.1, 0.15) is 52.4 Å². The van der Waals surface area contributed by atoms with E-state index in [9.17, 15) is 4.79 Å². The third kappa shape index (κ3) is 4.92. The number of nitrogens with one attached hydrogen (secondary N) is 1. The van der Waals surface area contributed by atoms with E-state index in [1.807, 2.05) is 0 Å². The van der Waals surface area contributed by atoms with Crippen LogP contribution in [0.25, 0.3) is 0 Å². The molecule has 0 bridgehead atoms. The van der Waals surface area contributed by atoms with Crippen LogP contribution < -0.4 is 11.1 Å². The number of likely N-dealkylation sites (tertiary alicyclic amines) is 1. The molecule has 0 atom stereocenters. The third-order valence-electron chi connectivity index (χ3n) is 4.65. The Bertz CT molecular complexity index is 345. The van der Waals surface area contributed by atoms with E-state index in [1.165, 1.54) is 0 Å². The van der Waals surface area contributed by atoms with Crippen molar-refractivity contribution in [1.29, 1.82) is 0 Å². The van der Waals surface area contributed by atoms with Crippen LogP contribution in [0.2, 0.25) is 0 Å². The molecule has 122 valence electrons. The molecule has 1 amide bonds. The number of carbonyl (C=O) groups is 1. The molecule has 1 aliphatic rings. The van der Waals surface area contributed by atoms with Crippen LogP contribution in [-0.2, 0) is 4.79 Å². The van der Waals surface area contributed by atoms with Crippen molar-refractivity contribution >= 4 is 23.1 Å². The zero-order valence-corrected chi connectivity index (χ0v) is 14.6. The molecular formula is C16H31N3OS. The summed E-state index contributed by atoms with van der Waals surface area (Å²) >= 11 is 5.23. The van der Waals surface area contributed by atoms with Gasteiger partial charge >= 0.3 is 0 Å².